The lowest BCUT2D eigenvalue weighted by molar-refractivity contribution is -0.255. The SMILES string of the molecule is CC1O[C@H](O[C@@H](C)CCC(=O)O)[C@H](C)C[C@@H]1O. The van der Waals surface area contributed by atoms with Crippen molar-refractivity contribution in [3.05, 3.63) is 0 Å². The lowest BCUT2D eigenvalue weighted by Gasteiger charge is -2.37. The maximum Gasteiger partial charge on any atom is 0.303 e. The number of hydrogen-bond acceptors (Lipinski definition) is 4. The minimum Gasteiger partial charge on any atom is -0.481 e. The first-order chi connectivity index (χ1) is 7.90. The highest BCUT2D eigenvalue weighted by Gasteiger charge is 2.33. The number of hydrogen-bond donors (Lipinski definition) is 2. The van der Waals surface area contributed by atoms with Gasteiger partial charge in [-0.05, 0) is 26.7 Å². The Kier molecular flexibility index (Phi) is 5.36. The molecule has 1 fully saturated rings. The number of carboxylic acid groups (broad SMARTS) is 1. The van der Waals surface area contributed by atoms with E-state index in [0.29, 0.717) is 12.8 Å². The van der Waals surface area contributed by atoms with Gasteiger partial charge in [-0.15, -0.1) is 0 Å². The van der Waals surface area contributed by atoms with Gasteiger partial charge in [0.2, 0.25) is 0 Å². The summed E-state index contributed by atoms with van der Waals surface area (Å²) in [5.41, 5.74) is 0. The summed E-state index contributed by atoms with van der Waals surface area (Å²) in [4.78, 5) is 10.4. The highest BCUT2D eigenvalue weighted by Crippen LogP contribution is 2.27. The molecule has 0 aromatic heterocycles. The van der Waals surface area contributed by atoms with Crippen molar-refractivity contribution in [3.63, 3.8) is 0 Å². The lowest BCUT2D eigenvalue weighted by Crippen LogP contribution is -2.44. The van der Waals surface area contributed by atoms with E-state index >= 15 is 0 Å². The molecular formula is C12H22O5. The van der Waals surface area contributed by atoms with Gasteiger partial charge in [-0.2, -0.15) is 0 Å². The Bertz CT molecular complexity index is 255. The lowest BCUT2D eigenvalue weighted by atomic mass is 9.96. The minimum atomic E-state index is -0.818. The van der Waals surface area contributed by atoms with E-state index in [1.54, 1.807) is 0 Å². The van der Waals surface area contributed by atoms with Crippen molar-refractivity contribution < 1.29 is 24.5 Å². The summed E-state index contributed by atoms with van der Waals surface area (Å²) >= 11 is 0. The van der Waals surface area contributed by atoms with Crippen molar-refractivity contribution in [2.75, 3.05) is 0 Å². The van der Waals surface area contributed by atoms with Crippen LogP contribution in [0.4, 0.5) is 0 Å². The predicted molar refractivity (Wildman–Crippen MR) is 61.5 cm³/mol. The van der Waals surface area contributed by atoms with Crippen molar-refractivity contribution in [2.24, 2.45) is 5.92 Å². The fraction of sp³-hybridized carbons (Fsp3) is 0.917. The van der Waals surface area contributed by atoms with Crippen LogP contribution in [0.1, 0.15) is 40.0 Å². The van der Waals surface area contributed by atoms with Crippen molar-refractivity contribution in [1.29, 1.82) is 0 Å². The molecular weight excluding hydrogens is 224 g/mol. The molecule has 0 amide bonds. The number of carboxylic acids is 1. The molecule has 1 heterocycles. The van der Waals surface area contributed by atoms with Crippen LogP contribution < -0.4 is 0 Å². The molecule has 1 saturated heterocycles. The molecule has 5 atom stereocenters. The molecule has 5 heteroatoms. The second kappa shape index (κ2) is 6.33. The van der Waals surface area contributed by atoms with Crippen LogP contribution >= 0.6 is 0 Å². The standard InChI is InChI=1S/C12H22O5/c1-7-6-10(13)9(3)17-12(7)16-8(2)4-5-11(14)15/h7-10,12-13H,4-6H2,1-3H3,(H,14,15)/t7-,8+,9?,10+,12+/m1/s1. The summed E-state index contributed by atoms with van der Waals surface area (Å²) in [6, 6.07) is 0. The van der Waals surface area contributed by atoms with Gasteiger partial charge < -0.3 is 19.7 Å². The van der Waals surface area contributed by atoms with Gasteiger partial charge in [0.05, 0.1) is 18.3 Å². The molecule has 1 aliphatic heterocycles. The van der Waals surface area contributed by atoms with E-state index in [4.69, 9.17) is 14.6 Å². The zero-order valence-corrected chi connectivity index (χ0v) is 10.6. The predicted octanol–water partition coefficient (Wildman–Crippen LogP) is 1.39. The zero-order valence-electron chi connectivity index (χ0n) is 10.6. The largest absolute Gasteiger partial charge is 0.481 e. The first-order valence-electron chi connectivity index (χ1n) is 6.11. The molecule has 0 spiro atoms. The summed E-state index contributed by atoms with van der Waals surface area (Å²) in [6.07, 6.45) is 0.0387. The first-order valence-corrected chi connectivity index (χ1v) is 6.11. The Balaban J connectivity index is 2.37. The van der Waals surface area contributed by atoms with Crippen molar-refractivity contribution in [2.45, 2.75) is 64.6 Å². The quantitative estimate of drug-likeness (QED) is 0.766. The molecule has 100 valence electrons. The Morgan fingerprint density at radius 2 is 2.18 bits per heavy atom. The molecule has 0 bridgehead atoms. The van der Waals surface area contributed by atoms with Crippen LogP contribution in [0.3, 0.4) is 0 Å². The van der Waals surface area contributed by atoms with Crippen LogP contribution in [0, 0.1) is 5.92 Å². The summed E-state index contributed by atoms with van der Waals surface area (Å²) < 4.78 is 11.2. The molecule has 1 aliphatic rings. The monoisotopic (exact) mass is 246 g/mol. The maximum atomic E-state index is 10.4. The van der Waals surface area contributed by atoms with E-state index in [-0.39, 0.29) is 30.8 Å². The second-order valence-corrected chi connectivity index (χ2v) is 4.87. The minimum absolute atomic E-state index is 0.0977. The summed E-state index contributed by atoms with van der Waals surface area (Å²) in [5, 5.41) is 18.2. The first kappa shape index (κ1) is 14.4. The topological polar surface area (TPSA) is 76.0 Å². The van der Waals surface area contributed by atoms with Gasteiger partial charge in [0, 0.05) is 12.3 Å². The van der Waals surface area contributed by atoms with Gasteiger partial charge in [-0.3, -0.25) is 4.79 Å². The van der Waals surface area contributed by atoms with Crippen molar-refractivity contribution >= 4 is 5.97 Å². The number of aliphatic hydroxyl groups excluding tert-OH is 1. The van der Waals surface area contributed by atoms with Crippen LogP contribution in [0.25, 0.3) is 0 Å². The van der Waals surface area contributed by atoms with Crippen LogP contribution in [0.2, 0.25) is 0 Å². The third kappa shape index (κ3) is 4.61. The average Bonchev–Trinajstić information content (AvgIpc) is 2.23. The number of aliphatic carboxylic acids is 1. The van der Waals surface area contributed by atoms with E-state index in [9.17, 15) is 9.90 Å². The zero-order chi connectivity index (χ0) is 13.0. The van der Waals surface area contributed by atoms with Gasteiger partial charge in [-0.25, -0.2) is 0 Å². The molecule has 1 rings (SSSR count). The van der Waals surface area contributed by atoms with Gasteiger partial charge in [-0.1, -0.05) is 6.92 Å². The van der Waals surface area contributed by atoms with Gasteiger partial charge in [0.25, 0.3) is 0 Å². The Morgan fingerprint density at radius 3 is 2.76 bits per heavy atom. The average molecular weight is 246 g/mol. The van der Waals surface area contributed by atoms with E-state index in [2.05, 4.69) is 0 Å². The molecule has 17 heavy (non-hydrogen) atoms. The highest BCUT2D eigenvalue weighted by atomic mass is 16.7. The molecule has 1 unspecified atom stereocenters. The molecule has 0 saturated carbocycles. The van der Waals surface area contributed by atoms with Crippen molar-refractivity contribution in [1.82, 2.24) is 0 Å². The van der Waals surface area contributed by atoms with E-state index in [1.807, 2.05) is 20.8 Å². The Hall–Kier alpha value is -0.650. The van der Waals surface area contributed by atoms with E-state index in [1.165, 1.54) is 0 Å². The van der Waals surface area contributed by atoms with Gasteiger partial charge >= 0.3 is 5.97 Å². The third-order valence-electron chi connectivity index (χ3n) is 3.10. The van der Waals surface area contributed by atoms with E-state index in [0.717, 1.165) is 0 Å². The fourth-order valence-corrected chi connectivity index (χ4v) is 1.91. The molecule has 0 aromatic rings. The van der Waals surface area contributed by atoms with Crippen LogP contribution in [-0.2, 0) is 14.3 Å². The van der Waals surface area contributed by atoms with Gasteiger partial charge in [0.15, 0.2) is 6.29 Å². The number of ether oxygens (including phenoxy) is 2. The van der Waals surface area contributed by atoms with E-state index < -0.39 is 12.1 Å². The smallest absolute Gasteiger partial charge is 0.303 e. The fourth-order valence-electron chi connectivity index (χ4n) is 1.91. The van der Waals surface area contributed by atoms with Crippen molar-refractivity contribution in [3.8, 4) is 0 Å². The Morgan fingerprint density at radius 1 is 1.53 bits per heavy atom. The third-order valence-corrected chi connectivity index (χ3v) is 3.10. The van der Waals surface area contributed by atoms with Crippen LogP contribution in [0.5, 0.6) is 0 Å². The summed E-state index contributed by atoms with van der Waals surface area (Å²) in [6.45, 7) is 5.62. The number of aliphatic hydroxyl groups is 1. The maximum absolute atomic E-state index is 10.4. The molecule has 0 aliphatic carbocycles. The molecule has 0 radical (unpaired) electrons. The second-order valence-electron chi connectivity index (χ2n) is 4.87. The summed E-state index contributed by atoms with van der Waals surface area (Å²) in [7, 11) is 0. The molecule has 0 aromatic carbocycles. The summed E-state index contributed by atoms with van der Waals surface area (Å²) in [5.74, 6) is -0.699. The van der Waals surface area contributed by atoms with Gasteiger partial charge in [0.1, 0.15) is 0 Å². The van der Waals surface area contributed by atoms with Crippen LogP contribution in [0.15, 0.2) is 0 Å². The number of rotatable bonds is 5. The Labute approximate surface area is 102 Å². The normalized spacial score (nSPS) is 35.5. The molecule has 2 N–H and O–H groups in total. The van der Waals surface area contributed by atoms with Crippen LogP contribution in [-0.4, -0.2) is 40.8 Å². The highest BCUT2D eigenvalue weighted by molar-refractivity contribution is 5.66. The molecule has 5 nitrogen and oxygen atoms in total. The number of carbonyl (C=O) groups is 1.